The molecule has 2 heterocycles. The second-order valence-electron chi connectivity index (χ2n) is 5.82. The number of hydrogen-bond acceptors (Lipinski definition) is 6. The van der Waals surface area contributed by atoms with Gasteiger partial charge in [0.1, 0.15) is 16.5 Å². The van der Waals surface area contributed by atoms with Crippen molar-refractivity contribution in [2.75, 3.05) is 12.4 Å². The minimum Gasteiger partial charge on any atom is -0.362 e. The number of sulfonamides is 1. The molecule has 0 fully saturated rings. The smallest absolute Gasteiger partial charge is 0.241 e. The summed E-state index contributed by atoms with van der Waals surface area (Å²) < 4.78 is 39.1. The lowest BCUT2D eigenvalue weighted by Crippen LogP contribution is -2.18. The van der Waals surface area contributed by atoms with Gasteiger partial charge in [0, 0.05) is 24.0 Å². The van der Waals surface area contributed by atoms with Gasteiger partial charge in [0.05, 0.1) is 18.1 Å². The van der Waals surface area contributed by atoms with Gasteiger partial charge in [-0.05, 0) is 37.7 Å². The molecule has 0 aliphatic rings. The van der Waals surface area contributed by atoms with E-state index >= 15 is 0 Å². The normalized spacial score (nSPS) is 12.6. The van der Waals surface area contributed by atoms with Gasteiger partial charge in [0.15, 0.2) is 0 Å². The topological polar surface area (TPSA) is 96.9 Å². The molecule has 0 aliphatic carbocycles. The van der Waals surface area contributed by atoms with Crippen LogP contribution in [-0.2, 0) is 10.0 Å². The Bertz CT molecular complexity index is 1020. The number of pyridine rings is 1. The number of halogens is 1. The Labute approximate surface area is 156 Å². The van der Waals surface area contributed by atoms with Crippen molar-refractivity contribution < 1.29 is 12.8 Å². The van der Waals surface area contributed by atoms with Crippen LogP contribution in [-0.4, -0.2) is 30.4 Å². The van der Waals surface area contributed by atoms with Crippen LogP contribution in [0, 0.1) is 5.82 Å². The summed E-state index contributed by atoms with van der Waals surface area (Å²) in [5.74, 6) is 0.258. The van der Waals surface area contributed by atoms with Crippen molar-refractivity contribution in [3.05, 3.63) is 66.5 Å². The fraction of sp³-hybridized carbons (Fsp3) is 0.167. The summed E-state index contributed by atoms with van der Waals surface area (Å²) >= 11 is 0. The van der Waals surface area contributed by atoms with Crippen molar-refractivity contribution in [3.63, 3.8) is 0 Å². The van der Waals surface area contributed by atoms with Crippen LogP contribution >= 0.6 is 0 Å². The maximum absolute atomic E-state index is 13.0. The van der Waals surface area contributed by atoms with Gasteiger partial charge in [-0.15, -0.1) is 0 Å². The summed E-state index contributed by atoms with van der Waals surface area (Å²) in [7, 11) is -2.25. The van der Waals surface area contributed by atoms with E-state index in [9.17, 15) is 12.8 Å². The number of benzene rings is 1. The van der Waals surface area contributed by atoms with E-state index in [0.717, 1.165) is 5.56 Å². The van der Waals surface area contributed by atoms with Crippen LogP contribution in [0.4, 0.5) is 10.2 Å². The van der Waals surface area contributed by atoms with Gasteiger partial charge in [-0.2, -0.15) is 0 Å². The van der Waals surface area contributed by atoms with Gasteiger partial charge in [-0.1, -0.05) is 12.1 Å². The first-order valence-electron chi connectivity index (χ1n) is 8.12. The molecule has 0 saturated heterocycles. The van der Waals surface area contributed by atoms with Gasteiger partial charge in [-0.25, -0.2) is 22.5 Å². The molecule has 0 aliphatic heterocycles. The average Bonchev–Trinajstić information content (AvgIpc) is 2.69. The molecule has 1 atom stereocenters. The zero-order valence-corrected chi connectivity index (χ0v) is 15.5. The fourth-order valence-electron chi connectivity index (χ4n) is 2.43. The molecule has 140 valence electrons. The SMILES string of the molecule is CNS(=O)(=O)c1cncc(-c2cnc(NC(C)c3ccc(F)cc3)cn2)c1. The number of nitrogens with one attached hydrogen (secondary N) is 2. The molecule has 1 unspecified atom stereocenters. The van der Waals surface area contributed by atoms with E-state index in [1.54, 1.807) is 18.3 Å². The third-order valence-electron chi connectivity index (χ3n) is 3.97. The molecule has 0 saturated carbocycles. The lowest BCUT2D eigenvalue weighted by molar-refractivity contribution is 0.588. The number of nitrogens with zero attached hydrogens (tertiary/aromatic N) is 3. The Morgan fingerprint density at radius 2 is 1.78 bits per heavy atom. The third-order valence-corrected chi connectivity index (χ3v) is 5.36. The third kappa shape index (κ3) is 4.44. The van der Waals surface area contributed by atoms with Crippen molar-refractivity contribution in [1.29, 1.82) is 0 Å². The Morgan fingerprint density at radius 1 is 1.04 bits per heavy atom. The summed E-state index contributed by atoms with van der Waals surface area (Å²) in [5, 5.41) is 3.18. The molecule has 2 N–H and O–H groups in total. The zero-order chi connectivity index (χ0) is 19.4. The largest absolute Gasteiger partial charge is 0.362 e. The molecule has 2 aromatic heterocycles. The van der Waals surface area contributed by atoms with Crippen molar-refractivity contribution in [2.24, 2.45) is 0 Å². The van der Waals surface area contributed by atoms with E-state index in [-0.39, 0.29) is 16.8 Å². The Kier molecular flexibility index (Phi) is 5.43. The highest BCUT2D eigenvalue weighted by molar-refractivity contribution is 7.89. The van der Waals surface area contributed by atoms with Crippen molar-refractivity contribution >= 4 is 15.8 Å². The van der Waals surface area contributed by atoms with E-state index in [1.807, 2.05) is 6.92 Å². The standard InChI is InChI=1S/C18H18FN5O2S/c1-12(13-3-5-15(19)6-4-13)24-18-11-22-17(10-23-18)14-7-16(9-21-8-14)27(25,26)20-2/h3-12,20H,1-2H3,(H,23,24). The van der Waals surface area contributed by atoms with E-state index in [0.29, 0.717) is 17.1 Å². The Balaban J connectivity index is 1.77. The van der Waals surface area contributed by atoms with E-state index < -0.39 is 10.0 Å². The second-order valence-corrected chi connectivity index (χ2v) is 7.71. The van der Waals surface area contributed by atoms with Crippen molar-refractivity contribution in [1.82, 2.24) is 19.7 Å². The average molecular weight is 387 g/mol. The van der Waals surface area contributed by atoms with Crippen LogP contribution < -0.4 is 10.0 Å². The first kappa shape index (κ1) is 18.9. The van der Waals surface area contributed by atoms with Gasteiger partial charge < -0.3 is 5.32 Å². The molecular formula is C18H18FN5O2S. The van der Waals surface area contributed by atoms with Crippen LogP contribution in [0.15, 0.2) is 60.0 Å². The highest BCUT2D eigenvalue weighted by Crippen LogP contribution is 2.21. The Hall–Kier alpha value is -2.91. The van der Waals surface area contributed by atoms with Crippen molar-refractivity contribution in [3.8, 4) is 11.3 Å². The van der Waals surface area contributed by atoms with E-state index in [1.165, 1.54) is 43.8 Å². The lowest BCUT2D eigenvalue weighted by Gasteiger charge is -2.15. The summed E-state index contributed by atoms with van der Waals surface area (Å²) in [6.07, 6.45) is 5.87. The lowest BCUT2D eigenvalue weighted by atomic mass is 10.1. The minimum absolute atomic E-state index is 0.0523. The number of rotatable bonds is 6. The van der Waals surface area contributed by atoms with Crippen molar-refractivity contribution in [2.45, 2.75) is 17.9 Å². The van der Waals surface area contributed by atoms with Gasteiger partial charge in [-0.3, -0.25) is 9.97 Å². The summed E-state index contributed by atoms with van der Waals surface area (Å²) in [6.45, 7) is 1.93. The summed E-state index contributed by atoms with van der Waals surface area (Å²) in [5.41, 5.74) is 1.95. The van der Waals surface area contributed by atoms with Crippen LogP contribution in [0.5, 0.6) is 0 Å². The van der Waals surface area contributed by atoms with Gasteiger partial charge in [0.2, 0.25) is 10.0 Å². The fourth-order valence-corrected chi connectivity index (χ4v) is 3.15. The molecule has 0 spiro atoms. The predicted octanol–water partition coefficient (Wildman–Crippen LogP) is 2.76. The van der Waals surface area contributed by atoms with E-state index in [2.05, 4.69) is 25.0 Å². The molecular weight excluding hydrogens is 369 g/mol. The molecule has 1 aromatic carbocycles. The molecule has 0 radical (unpaired) electrons. The van der Waals surface area contributed by atoms with Crippen LogP contribution in [0.25, 0.3) is 11.3 Å². The number of aromatic nitrogens is 3. The monoisotopic (exact) mass is 387 g/mol. The molecule has 9 heteroatoms. The first-order chi connectivity index (χ1) is 12.9. The number of anilines is 1. The molecule has 0 bridgehead atoms. The number of hydrogen-bond donors (Lipinski definition) is 2. The summed E-state index contributed by atoms with van der Waals surface area (Å²) in [4.78, 5) is 12.6. The molecule has 27 heavy (non-hydrogen) atoms. The van der Waals surface area contributed by atoms with Gasteiger partial charge >= 0.3 is 0 Å². The van der Waals surface area contributed by atoms with Crippen LogP contribution in [0.1, 0.15) is 18.5 Å². The maximum Gasteiger partial charge on any atom is 0.241 e. The maximum atomic E-state index is 13.0. The zero-order valence-electron chi connectivity index (χ0n) is 14.7. The van der Waals surface area contributed by atoms with Gasteiger partial charge in [0.25, 0.3) is 0 Å². The quantitative estimate of drug-likeness (QED) is 0.675. The van der Waals surface area contributed by atoms with E-state index in [4.69, 9.17) is 0 Å². The summed E-state index contributed by atoms with van der Waals surface area (Å²) in [6, 6.07) is 7.61. The molecule has 3 aromatic rings. The molecule has 0 amide bonds. The highest BCUT2D eigenvalue weighted by atomic mass is 32.2. The highest BCUT2D eigenvalue weighted by Gasteiger charge is 2.14. The predicted molar refractivity (Wildman–Crippen MR) is 99.9 cm³/mol. The van der Waals surface area contributed by atoms with Crippen LogP contribution in [0.2, 0.25) is 0 Å². The minimum atomic E-state index is -3.59. The first-order valence-corrected chi connectivity index (χ1v) is 9.60. The molecule has 7 nitrogen and oxygen atoms in total. The Morgan fingerprint density at radius 3 is 2.41 bits per heavy atom. The van der Waals surface area contributed by atoms with Crippen LogP contribution in [0.3, 0.4) is 0 Å². The molecule has 3 rings (SSSR count). The second kappa shape index (κ2) is 7.77.